The second-order valence-corrected chi connectivity index (χ2v) is 6.30. The Bertz CT molecular complexity index is 182. The zero-order valence-electron chi connectivity index (χ0n) is 8.66. The molecule has 0 radical (unpaired) electrons. The van der Waals surface area contributed by atoms with Crippen molar-refractivity contribution < 1.29 is 4.21 Å². The summed E-state index contributed by atoms with van der Waals surface area (Å²) >= 11 is 0. The van der Waals surface area contributed by atoms with Gasteiger partial charge in [0.05, 0.1) is 0 Å². The van der Waals surface area contributed by atoms with Crippen molar-refractivity contribution >= 4 is 10.8 Å². The van der Waals surface area contributed by atoms with Gasteiger partial charge in [0.2, 0.25) is 0 Å². The first kappa shape index (κ1) is 11.2. The average molecular weight is 203 g/mol. The van der Waals surface area contributed by atoms with Crippen molar-refractivity contribution in [3.05, 3.63) is 0 Å². The summed E-state index contributed by atoms with van der Waals surface area (Å²) in [5.41, 5.74) is 5.78. The lowest BCUT2D eigenvalue weighted by Gasteiger charge is -2.10. The molecule has 0 heterocycles. The predicted molar refractivity (Wildman–Crippen MR) is 58.1 cm³/mol. The van der Waals surface area contributed by atoms with E-state index in [1.54, 1.807) is 0 Å². The molecule has 3 heteroatoms. The zero-order chi connectivity index (χ0) is 9.84. The van der Waals surface area contributed by atoms with Gasteiger partial charge in [0.1, 0.15) is 0 Å². The SMILES string of the molecule is CC(C)CCS(=O)C1CCC(N)C1. The van der Waals surface area contributed by atoms with E-state index < -0.39 is 10.8 Å². The van der Waals surface area contributed by atoms with Gasteiger partial charge in [-0.1, -0.05) is 13.8 Å². The quantitative estimate of drug-likeness (QED) is 0.755. The number of nitrogens with two attached hydrogens (primary N) is 1. The first-order valence-corrected chi connectivity index (χ1v) is 6.60. The summed E-state index contributed by atoms with van der Waals surface area (Å²) in [6.07, 6.45) is 4.20. The third kappa shape index (κ3) is 3.77. The van der Waals surface area contributed by atoms with Gasteiger partial charge >= 0.3 is 0 Å². The highest BCUT2D eigenvalue weighted by Crippen LogP contribution is 2.23. The lowest BCUT2D eigenvalue weighted by Crippen LogP contribution is -2.20. The molecule has 0 aromatic carbocycles. The fraction of sp³-hybridized carbons (Fsp3) is 1.00. The summed E-state index contributed by atoms with van der Waals surface area (Å²) in [5, 5.41) is 0.397. The van der Waals surface area contributed by atoms with E-state index in [1.807, 2.05) is 0 Å². The molecule has 13 heavy (non-hydrogen) atoms. The summed E-state index contributed by atoms with van der Waals surface area (Å²) in [6.45, 7) is 4.36. The Labute approximate surface area is 83.7 Å². The molecule has 0 aromatic rings. The molecule has 1 fully saturated rings. The van der Waals surface area contributed by atoms with Crippen LogP contribution in [0.25, 0.3) is 0 Å². The van der Waals surface area contributed by atoms with E-state index in [2.05, 4.69) is 13.8 Å². The fourth-order valence-electron chi connectivity index (χ4n) is 1.73. The van der Waals surface area contributed by atoms with Crippen LogP contribution in [0.5, 0.6) is 0 Å². The van der Waals surface area contributed by atoms with Crippen LogP contribution < -0.4 is 5.73 Å². The molecule has 0 saturated heterocycles. The lowest BCUT2D eigenvalue weighted by atomic mass is 10.2. The van der Waals surface area contributed by atoms with Crippen molar-refractivity contribution in [1.82, 2.24) is 0 Å². The average Bonchev–Trinajstić information content (AvgIpc) is 2.47. The van der Waals surface area contributed by atoms with E-state index in [1.165, 1.54) is 0 Å². The maximum absolute atomic E-state index is 11.8. The molecule has 2 N–H and O–H groups in total. The fourth-order valence-corrected chi connectivity index (χ4v) is 3.63. The monoisotopic (exact) mass is 203 g/mol. The van der Waals surface area contributed by atoms with Crippen molar-refractivity contribution in [2.75, 3.05) is 5.75 Å². The van der Waals surface area contributed by atoms with Gasteiger partial charge in [0.15, 0.2) is 0 Å². The molecular formula is C10H21NOS. The molecular weight excluding hydrogens is 182 g/mol. The van der Waals surface area contributed by atoms with Crippen LogP contribution in [0.1, 0.15) is 39.5 Å². The minimum Gasteiger partial charge on any atom is -0.328 e. The highest BCUT2D eigenvalue weighted by Gasteiger charge is 2.26. The Hall–Kier alpha value is 0.110. The molecule has 0 amide bonds. The second kappa shape index (κ2) is 5.11. The summed E-state index contributed by atoms with van der Waals surface area (Å²) in [6, 6.07) is 0.313. The molecule has 2 nitrogen and oxygen atoms in total. The standard InChI is InChI=1S/C10H21NOS/c1-8(2)5-6-13(12)10-4-3-9(11)7-10/h8-10H,3-7,11H2,1-2H3. The summed E-state index contributed by atoms with van der Waals surface area (Å²) in [7, 11) is -0.617. The summed E-state index contributed by atoms with van der Waals surface area (Å²) in [5.74, 6) is 1.54. The largest absolute Gasteiger partial charge is 0.328 e. The Morgan fingerprint density at radius 1 is 1.46 bits per heavy atom. The predicted octanol–water partition coefficient (Wildman–Crippen LogP) is 1.66. The van der Waals surface area contributed by atoms with E-state index in [-0.39, 0.29) is 0 Å². The first-order chi connectivity index (χ1) is 6.09. The topological polar surface area (TPSA) is 43.1 Å². The number of hydrogen-bond donors (Lipinski definition) is 1. The molecule has 1 rings (SSSR count). The maximum Gasteiger partial charge on any atom is 0.0363 e. The van der Waals surface area contributed by atoms with Crippen LogP contribution in [0.3, 0.4) is 0 Å². The summed E-state index contributed by atoms with van der Waals surface area (Å²) < 4.78 is 11.8. The molecule has 0 aliphatic heterocycles. The van der Waals surface area contributed by atoms with Gasteiger partial charge in [-0.15, -0.1) is 0 Å². The molecule has 0 spiro atoms. The van der Waals surface area contributed by atoms with E-state index in [0.717, 1.165) is 31.4 Å². The third-order valence-corrected chi connectivity index (χ3v) is 4.50. The minimum absolute atomic E-state index is 0.313. The highest BCUT2D eigenvalue weighted by molar-refractivity contribution is 7.85. The van der Waals surface area contributed by atoms with Crippen LogP contribution in [0, 0.1) is 5.92 Å². The van der Waals surface area contributed by atoms with Gasteiger partial charge in [0, 0.05) is 27.8 Å². The van der Waals surface area contributed by atoms with Crippen LogP contribution in [-0.4, -0.2) is 21.3 Å². The number of hydrogen-bond acceptors (Lipinski definition) is 2. The van der Waals surface area contributed by atoms with Gasteiger partial charge in [-0.25, -0.2) is 0 Å². The Balaban J connectivity index is 2.24. The number of rotatable bonds is 4. The zero-order valence-corrected chi connectivity index (χ0v) is 9.48. The Morgan fingerprint density at radius 3 is 2.62 bits per heavy atom. The van der Waals surface area contributed by atoms with Crippen molar-refractivity contribution in [3.8, 4) is 0 Å². The van der Waals surface area contributed by atoms with Crippen LogP contribution in [-0.2, 0) is 10.8 Å². The van der Waals surface area contributed by atoms with Gasteiger partial charge in [-0.3, -0.25) is 4.21 Å². The van der Waals surface area contributed by atoms with Crippen LogP contribution >= 0.6 is 0 Å². The van der Waals surface area contributed by atoms with Gasteiger partial charge in [0.25, 0.3) is 0 Å². The molecule has 1 aliphatic carbocycles. The van der Waals surface area contributed by atoms with Crippen LogP contribution in [0.4, 0.5) is 0 Å². The summed E-state index contributed by atoms with van der Waals surface area (Å²) in [4.78, 5) is 0. The molecule has 0 bridgehead atoms. The van der Waals surface area contributed by atoms with E-state index >= 15 is 0 Å². The third-order valence-electron chi connectivity index (χ3n) is 2.69. The maximum atomic E-state index is 11.8. The molecule has 1 aliphatic rings. The molecule has 0 aromatic heterocycles. The first-order valence-electron chi connectivity index (χ1n) is 5.22. The van der Waals surface area contributed by atoms with Crippen molar-refractivity contribution in [1.29, 1.82) is 0 Å². The Morgan fingerprint density at radius 2 is 2.15 bits per heavy atom. The molecule has 3 atom stereocenters. The van der Waals surface area contributed by atoms with Crippen LogP contribution in [0.15, 0.2) is 0 Å². The minimum atomic E-state index is -0.617. The van der Waals surface area contributed by atoms with Crippen molar-refractivity contribution in [3.63, 3.8) is 0 Å². The smallest absolute Gasteiger partial charge is 0.0363 e. The van der Waals surface area contributed by atoms with E-state index in [0.29, 0.717) is 17.2 Å². The van der Waals surface area contributed by atoms with Crippen molar-refractivity contribution in [2.45, 2.75) is 50.8 Å². The molecule has 1 saturated carbocycles. The van der Waals surface area contributed by atoms with Crippen LogP contribution in [0.2, 0.25) is 0 Å². The normalized spacial score (nSPS) is 31.1. The van der Waals surface area contributed by atoms with Crippen molar-refractivity contribution in [2.24, 2.45) is 11.7 Å². The lowest BCUT2D eigenvalue weighted by molar-refractivity contribution is 0.613. The molecule has 78 valence electrons. The molecule has 3 unspecified atom stereocenters. The van der Waals surface area contributed by atoms with Gasteiger partial charge < -0.3 is 5.73 Å². The second-order valence-electron chi connectivity index (χ2n) is 4.46. The van der Waals surface area contributed by atoms with E-state index in [4.69, 9.17) is 5.73 Å². The van der Waals surface area contributed by atoms with Gasteiger partial charge in [-0.05, 0) is 31.6 Å². The van der Waals surface area contributed by atoms with E-state index in [9.17, 15) is 4.21 Å². The van der Waals surface area contributed by atoms with Gasteiger partial charge in [-0.2, -0.15) is 0 Å². The Kier molecular flexibility index (Phi) is 4.39. The highest BCUT2D eigenvalue weighted by atomic mass is 32.2.